The highest BCUT2D eigenvalue weighted by atomic mass is 16.5. The summed E-state index contributed by atoms with van der Waals surface area (Å²) in [6, 6.07) is 39.6. The average molecular weight is 452 g/mol. The molecule has 0 aromatic heterocycles. The largest absolute Gasteiger partial charge is 0.467 e. The van der Waals surface area contributed by atoms with E-state index in [2.05, 4.69) is 41.7 Å². The topological polar surface area (TPSA) is 58.6 Å². The van der Waals surface area contributed by atoms with Crippen molar-refractivity contribution in [1.82, 2.24) is 5.32 Å². The molecule has 0 aliphatic carbocycles. The maximum Gasteiger partial charge on any atom is 0.336 e. The number of carbonyl (C=O) groups excluding carboxylic acids is 1. The number of benzene rings is 4. The SMILES string of the molecule is COC(=O)[C@H](O)[C@H](Cc1ccccc1)NC(c1ccccc1)(c1ccccc1)c1ccccc1. The average Bonchev–Trinajstić information content (AvgIpc) is 2.92. The second-order valence-electron chi connectivity index (χ2n) is 8.26. The van der Waals surface area contributed by atoms with Crippen LogP contribution in [0.15, 0.2) is 121 Å². The minimum absolute atomic E-state index is 0.436. The van der Waals surface area contributed by atoms with E-state index in [9.17, 15) is 9.90 Å². The molecular formula is C30H29NO3. The number of rotatable bonds is 9. The van der Waals surface area contributed by atoms with Crippen LogP contribution in [0, 0.1) is 0 Å². The minimum atomic E-state index is -1.36. The molecule has 2 atom stereocenters. The fourth-order valence-corrected chi connectivity index (χ4v) is 4.49. The van der Waals surface area contributed by atoms with Crippen molar-refractivity contribution in [1.29, 1.82) is 0 Å². The van der Waals surface area contributed by atoms with Crippen LogP contribution in [0.1, 0.15) is 22.3 Å². The van der Waals surface area contributed by atoms with E-state index in [0.29, 0.717) is 6.42 Å². The van der Waals surface area contributed by atoms with Crippen LogP contribution >= 0.6 is 0 Å². The molecule has 4 rings (SSSR count). The summed E-state index contributed by atoms with van der Waals surface area (Å²) in [5, 5.41) is 14.8. The van der Waals surface area contributed by atoms with Gasteiger partial charge in [-0.1, -0.05) is 121 Å². The van der Waals surface area contributed by atoms with Gasteiger partial charge in [0.25, 0.3) is 0 Å². The van der Waals surface area contributed by atoms with Crippen LogP contribution in [-0.4, -0.2) is 30.3 Å². The number of nitrogens with one attached hydrogen (secondary N) is 1. The van der Waals surface area contributed by atoms with Crippen LogP contribution in [0.4, 0.5) is 0 Å². The smallest absolute Gasteiger partial charge is 0.336 e. The van der Waals surface area contributed by atoms with Crippen molar-refractivity contribution in [2.24, 2.45) is 0 Å². The summed E-state index contributed by atoms with van der Waals surface area (Å²) in [6.45, 7) is 0. The zero-order valence-corrected chi connectivity index (χ0v) is 19.2. The molecular weight excluding hydrogens is 422 g/mol. The van der Waals surface area contributed by atoms with Crippen molar-refractivity contribution in [2.75, 3.05) is 7.11 Å². The molecule has 0 radical (unpaired) electrons. The quantitative estimate of drug-likeness (QED) is 0.286. The lowest BCUT2D eigenvalue weighted by atomic mass is 9.76. The monoisotopic (exact) mass is 451 g/mol. The Balaban J connectivity index is 1.91. The summed E-state index contributed by atoms with van der Waals surface area (Å²) in [5.74, 6) is -0.670. The van der Waals surface area contributed by atoms with E-state index in [1.807, 2.05) is 84.9 Å². The first-order valence-electron chi connectivity index (χ1n) is 11.4. The Morgan fingerprint density at radius 2 is 1.12 bits per heavy atom. The van der Waals surface area contributed by atoms with Gasteiger partial charge in [0.15, 0.2) is 6.10 Å². The highest BCUT2D eigenvalue weighted by molar-refractivity contribution is 5.75. The molecule has 0 heterocycles. The number of hydrogen-bond donors (Lipinski definition) is 2. The van der Waals surface area contributed by atoms with Gasteiger partial charge < -0.3 is 9.84 Å². The third-order valence-electron chi connectivity index (χ3n) is 6.14. The van der Waals surface area contributed by atoms with Gasteiger partial charge in [-0.3, -0.25) is 5.32 Å². The van der Waals surface area contributed by atoms with E-state index in [1.165, 1.54) is 7.11 Å². The molecule has 0 bridgehead atoms. The number of hydrogen-bond acceptors (Lipinski definition) is 4. The van der Waals surface area contributed by atoms with Gasteiger partial charge in [0.1, 0.15) is 0 Å². The normalized spacial score (nSPS) is 13.1. The van der Waals surface area contributed by atoms with E-state index >= 15 is 0 Å². The van der Waals surface area contributed by atoms with Crippen molar-refractivity contribution in [3.8, 4) is 0 Å². The minimum Gasteiger partial charge on any atom is -0.467 e. The first kappa shape index (κ1) is 23.4. The van der Waals surface area contributed by atoms with Crippen molar-refractivity contribution in [3.05, 3.63) is 144 Å². The summed E-state index contributed by atoms with van der Waals surface area (Å²) in [5.41, 5.74) is 3.19. The molecule has 0 aliphatic heterocycles. The van der Waals surface area contributed by atoms with Crippen LogP contribution in [0.3, 0.4) is 0 Å². The van der Waals surface area contributed by atoms with Gasteiger partial charge in [-0.2, -0.15) is 0 Å². The zero-order valence-electron chi connectivity index (χ0n) is 19.2. The van der Waals surface area contributed by atoms with Crippen molar-refractivity contribution >= 4 is 5.97 Å². The number of methoxy groups -OCH3 is 1. The Bertz CT molecular complexity index is 1070. The zero-order chi connectivity index (χ0) is 23.8. The summed E-state index contributed by atoms with van der Waals surface area (Å²) in [7, 11) is 1.30. The lowest BCUT2D eigenvalue weighted by Crippen LogP contribution is -2.56. The van der Waals surface area contributed by atoms with Gasteiger partial charge in [0, 0.05) is 6.04 Å². The molecule has 34 heavy (non-hydrogen) atoms. The van der Waals surface area contributed by atoms with E-state index in [4.69, 9.17) is 4.74 Å². The highest BCUT2D eigenvalue weighted by Gasteiger charge is 2.41. The third kappa shape index (κ3) is 4.93. The van der Waals surface area contributed by atoms with Crippen molar-refractivity contribution < 1.29 is 14.6 Å². The second kappa shape index (κ2) is 10.9. The number of aliphatic hydroxyl groups excluding tert-OH is 1. The lowest BCUT2D eigenvalue weighted by Gasteiger charge is -2.41. The maximum atomic E-state index is 12.5. The predicted molar refractivity (Wildman–Crippen MR) is 134 cm³/mol. The number of carbonyl (C=O) groups is 1. The summed E-state index contributed by atoms with van der Waals surface area (Å²) < 4.78 is 4.93. The van der Waals surface area contributed by atoms with Crippen molar-refractivity contribution in [3.63, 3.8) is 0 Å². The molecule has 4 aromatic rings. The Labute approximate surface area is 200 Å². The van der Waals surface area contributed by atoms with Gasteiger partial charge in [-0.25, -0.2) is 4.79 Å². The highest BCUT2D eigenvalue weighted by Crippen LogP contribution is 2.37. The first-order valence-corrected chi connectivity index (χ1v) is 11.4. The van der Waals surface area contributed by atoms with E-state index in [0.717, 1.165) is 22.3 Å². The Hall–Kier alpha value is -3.73. The molecule has 4 aromatic carbocycles. The van der Waals surface area contributed by atoms with E-state index < -0.39 is 23.7 Å². The van der Waals surface area contributed by atoms with Gasteiger partial charge in [-0.05, 0) is 28.7 Å². The Kier molecular flexibility index (Phi) is 7.53. The molecule has 0 unspecified atom stereocenters. The maximum absolute atomic E-state index is 12.5. The molecule has 0 aliphatic rings. The molecule has 0 saturated carbocycles. The Morgan fingerprint density at radius 3 is 1.50 bits per heavy atom. The number of esters is 1. The number of aliphatic hydroxyl groups is 1. The van der Waals surface area contributed by atoms with Gasteiger partial charge in [0.05, 0.1) is 12.6 Å². The van der Waals surface area contributed by atoms with Crippen molar-refractivity contribution in [2.45, 2.75) is 24.1 Å². The fraction of sp³-hybridized carbons (Fsp3) is 0.167. The standard InChI is InChI=1S/C30H29NO3/c1-34-29(33)28(32)27(22-23-14-6-2-7-15-23)31-30(24-16-8-3-9-17-24,25-18-10-4-11-19-25)26-20-12-5-13-21-26/h2-21,27-28,31-32H,22H2,1H3/t27-,28+/m0/s1. The fourth-order valence-electron chi connectivity index (χ4n) is 4.49. The van der Waals surface area contributed by atoms with Gasteiger partial charge >= 0.3 is 5.97 Å². The lowest BCUT2D eigenvalue weighted by molar-refractivity contribution is -0.152. The van der Waals surface area contributed by atoms with Gasteiger partial charge in [-0.15, -0.1) is 0 Å². The Morgan fingerprint density at radius 1 is 0.735 bits per heavy atom. The number of ether oxygens (including phenoxy) is 1. The first-order chi connectivity index (χ1) is 16.6. The molecule has 2 N–H and O–H groups in total. The van der Waals surface area contributed by atoms with E-state index in [-0.39, 0.29) is 0 Å². The summed E-state index contributed by atoms with van der Waals surface area (Å²) >= 11 is 0. The van der Waals surface area contributed by atoms with Gasteiger partial charge in [0.2, 0.25) is 0 Å². The summed E-state index contributed by atoms with van der Waals surface area (Å²) in [4.78, 5) is 12.5. The molecule has 172 valence electrons. The van der Waals surface area contributed by atoms with Crippen LogP contribution in [0.5, 0.6) is 0 Å². The molecule has 0 saturated heterocycles. The van der Waals surface area contributed by atoms with Crippen LogP contribution < -0.4 is 5.32 Å². The van der Waals surface area contributed by atoms with Crippen LogP contribution in [0.25, 0.3) is 0 Å². The predicted octanol–water partition coefficient (Wildman–Crippen LogP) is 4.71. The third-order valence-corrected chi connectivity index (χ3v) is 6.14. The molecule has 4 nitrogen and oxygen atoms in total. The summed E-state index contributed by atoms with van der Waals surface area (Å²) in [6.07, 6.45) is -0.925. The van der Waals surface area contributed by atoms with Crippen LogP contribution in [0.2, 0.25) is 0 Å². The van der Waals surface area contributed by atoms with E-state index in [1.54, 1.807) is 0 Å². The molecule has 0 spiro atoms. The second-order valence-corrected chi connectivity index (χ2v) is 8.26. The molecule has 0 fully saturated rings. The molecule has 0 amide bonds. The van der Waals surface area contributed by atoms with Crippen LogP contribution in [-0.2, 0) is 21.5 Å². The molecule has 4 heteroatoms.